The van der Waals surface area contributed by atoms with Gasteiger partial charge in [-0.3, -0.25) is 19.9 Å². The Balaban J connectivity index is 0.00000200. The second-order valence-corrected chi connectivity index (χ2v) is 4.72. The SMILES string of the molecule is Cl.O=C(CSC1=NCCN1)Nc1cccc([N+](=O)[O-])c1. The maximum absolute atomic E-state index is 11.7. The molecule has 0 saturated carbocycles. The molecule has 108 valence electrons. The number of non-ortho nitro benzene ring substituents is 1. The lowest BCUT2D eigenvalue weighted by molar-refractivity contribution is -0.384. The van der Waals surface area contributed by atoms with E-state index in [1.165, 1.54) is 30.0 Å². The van der Waals surface area contributed by atoms with Gasteiger partial charge >= 0.3 is 0 Å². The average Bonchev–Trinajstić information content (AvgIpc) is 2.90. The molecule has 0 fully saturated rings. The zero-order chi connectivity index (χ0) is 13.7. The Morgan fingerprint density at radius 3 is 3.00 bits per heavy atom. The number of nitro benzene ring substituents is 1. The third-order valence-electron chi connectivity index (χ3n) is 2.32. The van der Waals surface area contributed by atoms with Crippen LogP contribution in [0.3, 0.4) is 0 Å². The van der Waals surface area contributed by atoms with Crippen LogP contribution in [0.15, 0.2) is 29.3 Å². The van der Waals surface area contributed by atoms with Crippen LogP contribution in [0, 0.1) is 10.1 Å². The Morgan fingerprint density at radius 1 is 1.55 bits per heavy atom. The number of halogens is 1. The molecule has 1 aromatic carbocycles. The number of carbonyl (C=O) groups excluding carboxylic acids is 1. The number of nitro groups is 1. The van der Waals surface area contributed by atoms with Gasteiger partial charge in [-0.15, -0.1) is 12.4 Å². The molecule has 0 radical (unpaired) electrons. The number of hydrogen-bond donors (Lipinski definition) is 2. The van der Waals surface area contributed by atoms with Crippen molar-refractivity contribution in [1.82, 2.24) is 5.32 Å². The molecule has 1 heterocycles. The summed E-state index contributed by atoms with van der Waals surface area (Å²) in [4.78, 5) is 25.9. The van der Waals surface area contributed by atoms with Gasteiger partial charge in [0.2, 0.25) is 5.91 Å². The predicted octanol–water partition coefficient (Wildman–Crippen LogP) is 1.65. The lowest BCUT2D eigenvalue weighted by Gasteiger charge is -2.05. The zero-order valence-electron chi connectivity index (χ0n) is 10.4. The van der Waals surface area contributed by atoms with Gasteiger partial charge < -0.3 is 10.6 Å². The summed E-state index contributed by atoms with van der Waals surface area (Å²) in [5, 5.41) is 17.0. The summed E-state index contributed by atoms with van der Waals surface area (Å²) in [6.45, 7) is 1.53. The third kappa shape index (κ3) is 4.71. The van der Waals surface area contributed by atoms with Crippen molar-refractivity contribution in [3.8, 4) is 0 Å². The smallest absolute Gasteiger partial charge is 0.271 e. The Bertz CT molecular complexity index is 538. The number of thioether (sulfide) groups is 1. The normalized spacial score (nSPS) is 12.9. The summed E-state index contributed by atoms with van der Waals surface area (Å²) in [5.74, 6) is -0.00367. The van der Waals surface area contributed by atoms with Crippen molar-refractivity contribution in [2.45, 2.75) is 0 Å². The van der Waals surface area contributed by atoms with Gasteiger partial charge in [0.05, 0.1) is 17.2 Å². The molecule has 1 aliphatic heterocycles. The van der Waals surface area contributed by atoms with E-state index in [2.05, 4.69) is 15.6 Å². The summed E-state index contributed by atoms with van der Waals surface area (Å²) >= 11 is 1.31. The first kappa shape index (κ1) is 16.3. The van der Waals surface area contributed by atoms with Crippen molar-refractivity contribution in [1.29, 1.82) is 0 Å². The maximum atomic E-state index is 11.7. The summed E-state index contributed by atoms with van der Waals surface area (Å²) in [6.07, 6.45) is 0. The first-order valence-corrected chi connectivity index (χ1v) is 6.59. The number of amides is 1. The number of anilines is 1. The van der Waals surface area contributed by atoms with Crippen LogP contribution in [-0.4, -0.2) is 34.8 Å². The molecule has 1 aliphatic rings. The average molecular weight is 317 g/mol. The molecule has 9 heteroatoms. The van der Waals surface area contributed by atoms with Crippen molar-refractivity contribution >= 4 is 46.6 Å². The van der Waals surface area contributed by atoms with Crippen LogP contribution in [0.5, 0.6) is 0 Å². The zero-order valence-corrected chi connectivity index (χ0v) is 12.0. The molecular formula is C11H13ClN4O3S. The second-order valence-electron chi connectivity index (χ2n) is 3.76. The first-order valence-electron chi connectivity index (χ1n) is 5.60. The van der Waals surface area contributed by atoms with Gasteiger partial charge in [-0.05, 0) is 6.07 Å². The Kier molecular flexibility index (Phi) is 6.26. The van der Waals surface area contributed by atoms with Gasteiger partial charge in [0.1, 0.15) is 0 Å². The van der Waals surface area contributed by atoms with Gasteiger partial charge in [-0.2, -0.15) is 0 Å². The number of nitrogens with one attached hydrogen (secondary N) is 2. The molecule has 1 amide bonds. The van der Waals surface area contributed by atoms with E-state index in [0.717, 1.165) is 18.3 Å². The number of amidine groups is 1. The van der Waals surface area contributed by atoms with E-state index in [-0.39, 0.29) is 29.8 Å². The van der Waals surface area contributed by atoms with Crippen LogP contribution >= 0.6 is 24.2 Å². The minimum absolute atomic E-state index is 0. The van der Waals surface area contributed by atoms with E-state index in [4.69, 9.17) is 0 Å². The lowest BCUT2D eigenvalue weighted by Crippen LogP contribution is -2.20. The molecule has 2 N–H and O–H groups in total. The largest absolute Gasteiger partial charge is 0.363 e. The monoisotopic (exact) mass is 316 g/mol. The molecule has 0 aromatic heterocycles. The molecule has 0 aliphatic carbocycles. The van der Waals surface area contributed by atoms with E-state index < -0.39 is 4.92 Å². The standard InChI is InChI=1S/C11H12N4O3S.ClH/c16-10(7-19-11-12-4-5-13-11)14-8-2-1-3-9(6-8)15(17)18;/h1-3,6H,4-5,7H2,(H,12,13)(H,14,16);1H. The number of rotatable bonds is 4. The number of aliphatic imine (C=N–C) groups is 1. The molecule has 7 nitrogen and oxygen atoms in total. The molecule has 0 saturated heterocycles. The van der Waals surface area contributed by atoms with Gasteiger partial charge in [0.25, 0.3) is 5.69 Å². The summed E-state index contributed by atoms with van der Waals surface area (Å²) in [6, 6.07) is 5.85. The highest BCUT2D eigenvalue weighted by Crippen LogP contribution is 2.17. The van der Waals surface area contributed by atoms with Gasteiger partial charge in [-0.1, -0.05) is 17.8 Å². The molecule has 1 aromatic rings. The Morgan fingerprint density at radius 2 is 2.35 bits per heavy atom. The predicted molar refractivity (Wildman–Crippen MR) is 81.7 cm³/mol. The second kappa shape index (κ2) is 7.71. The molecule has 0 bridgehead atoms. The fraction of sp³-hybridized carbons (Fsp3) is 0.273. The summed E-state index contributed by atoms with van der Waals surface area (Å²) < 4.78 is 0. The molecule has 20 heavy (non-hydrogen) atoms. The Labute approximate surface area is 125 Å². The number of carbonyl (C=O) groups is 1. The van der Waals surface area contributed by atoms with Gasteiger partial charge in [-0.25, -0.2) is 0 Å². The van der Waals surface area contributed by atoms with E-state index in [0.29, 0.717) is 5.69 Å². The number of nitrogens with zero attached hydrogens (tertiary/aromatic N) is 2. The van der Waals surface area contributed by atoms with Crippen LogP contribution in [0.4, 0.5) is 11.4 Å². The summed E-state index contributed by atoms with van der Waals surface area (Å²) in [5.41, 5.74) is 0.369. The lowest BCUT2D eigenvalue weighted by atomic mass is 10.3. The molecule has 0 atom stereocenters. The van der Waals surface area contributed by atoms with E-state index in [1.54, 1.807) is 6.07 Å². The number of benzene rings is 1. The maximum Gasteiger partial charge on any atom is 0.271 e. The highest BCUT2D eigenvalue weighted by molar-refractivity contribution is 8.14. The number of hydrogen-bond acceptors (Lipinski definition) is 6. The molecule has 2 rings (SSSR count). The molecule has 0 unspecified atom stereocenters. The van der Waals surface area contributed by atoms with Crippen molar-refractivity contribution in [2.24, 2.45) is 4.99 Å². The third-order valence-corrected chi connectivity index (χ3v) is 3.28. The van der Waals surface area contributed by atoms with Crippen LogP contribution in [-0.2, 0) is 4.79 Å². The Hall–Kier alpha value is -1.80. The van der Waals surface area contributed by atoms with Crippen molar-refractivity contribution in [3.63, 3.8) is 0 Å². The van der Waals surface area contributed by atoms with E-state index in [1.807, 2.05) is 0 Å². The van der Waals surface area contributed by atoms with Crippen LogP contribution in [0.25, 0.3) is 0 Å². The minimum Gasteiger partial charge on any atom is -0.363 e. The van der Waals surface area contributed by atoms with E-state index >= 15 is 0 Å². The van der Waals surface area contributed by atoms with E-state index in [9.17, 15) is 14.9 Å². The van der Waals surface area contributed by atoms with Crippen molar-refractivity contribution in [2.75, 3.05) is 24.2 Å². The van der Waals surface area contributed by atoms with Crippen LogP contribution in [0.2, 0.25) is 0 Å². The minimum atomic E-state index is -0.498. The first-order chi connectivity index (χ1) is 9.15. The fourth-order valence-corrected chi connectivity index (χ4v) is 2.23. The summed E-state index contributed by atoms with van der Waals surface area (Å²) in [7, 11) is 0. The van der Waals surface area contributed by atoms with Gasteiger partial charge in [0.15, 0.2) is 5.17 Å². The van der Waals surface area contributed by atoms with Crippen LogP contribution in [0.1, 0.15) is 0 Å². The fourth-order valence-electron chi connectivity index (χ4n) is 1.50. The quantitative estimate of drug-likeness (QED) is 0.650. The molecular weight excluding hydrogens is 304 g/mol. The van der Waals surface area contributed by atoms with Crippen LogP contribution < -0.4 is 10.6 Å². The topological polar surface area (TPSA) is 96.6 Å². The van der Waals surface area contributed by atoms with Gasteiger partial charge in [0, 0.05) is 24.4 Å². The highest BCUT2D eigenvalue weighted by atomic mass is 35.5. The van der Waals surface area contributed by atoms with Crippen molar-refractivity contribution < 1.29 is 9.72 Å². The highest BCUT2D eigenvalue weighted by Gasteiger charge is 2.11. The molecule has 0 spiro atoms. The van der Waals surface area contributed by atoms with Crippen molar-refractivity contribution in [3.05, 3.63) is 34.4 Å².